The van der Waals surface area contributed by atoms with Gasteiger partial charge >= 0.3 is 0 Å². The topological polar surface area (TPSA) is 24.9 Å². The van der Waals surface area contributed by atoms with Crippen LogP contribution >= 0.6 is 15.9 Å². The van der Waals surface area contributed by atoms with E-state index in [9.17, 15) is 0 Å². The van der Waals surface area contributed by atoms with Crippen molar-refractivity contribution in [3.05, 3.63) is 70.8 Å². The van der Waals surface area contributed by atoms with Crippen molar-refractivity contribution in [2.45, 2.75) is 6.54 Å². The van der Waals surface area contributed by atoms with Crippen molar-refractivity contribution in [2.75, 3.05) is 5.32 Å². The van der Waals surface area contributed by atoms with Crippen LogP contribution in [0.15, 0.2) is 65.3 Å². The molecule has 0 aliphatic carbocycles. The molecule has 3 aromatic rings. The van der Waals surface area contributed by atoms with Crippen LogP contribution in [0.2, 0.25) is 0 Å². The van der Waals surface area contributed by atoms with E-state index in [1.807, 2.05) is 36.5 Å². The molecule has 0 fully saturated rings. The molecule has 0 saturated heterocycles. The molecule has 2 aromatic carbocycles. The second-order valence-electron chi connectivity index (χ2n) is 4.40. The van der Waals surface area contributed by atoms with Crippen molar-refractivity contribution in [2.24, 2.45) is 0 Å². The second-order valence-corrected chi connectivity index (χ2v) is 5.32. The third-order valence-electron chi connectivity index (χ3n) is 2.98. The molecule has 0 atom stereocenters. The predicted molar refractivity (Wildman–Crippen MR) is 83.2 cm³/mol. The van der Waals surface area contributed by atoms with Gasteiger partial charge in [0.15, 0.2) is 0 Å². The Morgan fingerprint density at radius 2 is 1.89 bits per heavy atom. The molecule has 0 saturated carbocycles. The first kappa shape index (κ1) is 12.2. The molecule has 1 aromatic heterocycles. The van der Waals surface area contributed by atoms with Crippen LogP contribution < -0.4 is 5.32 Å². The summed E-state index contributed by atoms with van der Waals surface area (Å²) in [6, 6.07) is 18.5. The summed E-state index contributed by atoms with van der Waals surface area (Å²) in [7, 11) is 0. The summed E-state index contributed by atoms with van der Waals surface area (Å²) in [6.07, 6.45) is 1.88. The van der Waals surface area contributed by atoms with Gasteiger partial charge in [0.25, 0.3) is 0 Å². The maximum atomic E-state index is 4.44. The van der Waals surface area contributed by atoms with Gasteiger partial charge in [-0.3, -0.25) is 4.98 Å². The lowest BCUT2D eigenvalue weighted by molar-refractivity contribution is 1.14. The highest BCUT2D eigenvalue weighted by atomic mass is 79.9. The van der Waals surface area contributed by atoms with E-state index in [4.69, 9.17) is 0 Å². The van der Waals surface area contributed by atoms with Crippen LogP contribution in [0, 0.1) is 0 Å². The molecule has 0 bridgehead atoms. The summed E-state index contributed by atoms with van der Waals surface area (Å²) in [5.41, 5.74) is 3.30. The number of hydrogen-bond acceptors (Lipinski definition) is 2. The molecule has 0 aliphatic heterocycles. The van der Waals surface area contributed by atoms with E-state index < -0.39 is 0 Å². The minimum Gasteiger partial charge on any atom is -0.380 e. The molecule has 1 N–H and O–H groups in total. The zero-order valence-corrected chi connectivity index (χ0v) is 11.9. The highest BCUT2D eigenvalue weighted by Crippen LogP contribution is 2.17. The summed E-state index contributed by atoms with van der Waals surface area (Å²) in [5, 5.41) is 4.55. The Balaban J connectivity index is 1.78. The molecular formula is C16H13BrN2. The number of pyridine rings is 1. The second kappa shape index (κ2) is 5.41. The number of anilines is 1. The number of nitrogens with one attached hydrogen (secondary N) is 1. The van der Waals surface area contributed by atoms with Gasteiger partial charge in [-0.2, -0.15) is 0 Å². The van der Waals surface area contributed by atoms with E-state index in [1.54, 1.807) is 0 Å². The van der Waals surface area contributed by atoms with E-state index >= 15 is 0 Å². The largest absolute Gasteiger partial charge is 0.380 e. The highest BCUT2D eigenvalue weighted by Gasteiger charge is 1.98. The number of aromatic nitrogens is 1. The third-order valence-corrected chi connectivity index (χ3v) is 3.47. The number of fused-ring (bicyclic) bond motifs is 1. The Kier molecular flexibility index (Phi) is 3.47. The summed E-state index contributed by atoms with van der Waals surface area (Å²) < 4.78 is 1.10. The van der Waals surface area contributed by atoms with Crippen LogP contribution in [0.5, 0.6) is 0 Å². The molecule has 0 amide bonds. The molecule has 0 spiro atoms. The Bertz CT molecular complexity index is 710. The van der Waals surface area contributed by atoms with Gasteiger partial charge in [-0.15, -0.1) is 0 Å². The average molecular weight is 313 g/mol. The first-order chi connectivity index (χ1) is 9.31. The van der Waals surface area contributed by atoms with Crippen molar-refractivity contribution in [3.63, 3.8) is 0 Å². The third kappa shape index (κ3) is 2.93. The fourth-order valence-corrected chi connectivity index (χ4v) is 2.47. The van der Waals surface area contributed by atoms with Crippen molar-refractivity contribution < 1.29 is 0 Å². The minimum absolute atomic E-state index is 0.791. The van der Waals surface area contributed by atoms with Crippen LogP contribution in [0.1, 0.15) is 5.56 Å². The Morgan fingerprint density at radius 1 is 1.00 bits per heavy atom. The molecule has 94 valence electrons. The molecule has 19 heavy (non-hydrogen) atoms. The highest BCUT2D eigenvalue weighted by molar-refractivity contribution is 9.10. The van der Waals surface area contributed by atoms with E-state index in [0.29, 0.717) is 0 Å². The first-order valence-corrected chi connectivity index (χ1v) is 6.94. The van der Waals surface area contributed by atoms with Gasteiger partial charge in [0.05, 0.1) is 17.4 Å². The quantitative estimate of drug-likeness (QED) is 0.764. The summed E-state index contributed by atoms with van der Waals surface area (Å²) in [5.74, 6) is 0. The number of hydrogen-bond donors (Lipinski definition) is 1. The zero-order valence-electron chi connectivity index (χ0n) is 10.3. The first-order valence-electron chi connectivity index (χ1n) is 6.14. The molecule has 0 radical (unpaired) electrons. The van der Waals surface area contributed by atoms with Crippen LogP contribution in [0.3, 0.4) is 0 Å². The molecule has 0 aliphatic rings. The van der Waals surface area contributed by atoms with Gasteiger partial charge < -0.3 is 5.32 Å². The Hall–Kier alpha value is -1.87. The fraction of sp³-hybridized carbons (Fsp3) is 0.0625. The van der Waals surface area contributed by atoms with Crippen LogP contribution in [0.25, 0.3) is 10.9 Å². The molecule has 3 heteroatoms. The summed E-state index contributed by atoms with van der Waals surface area (Å²) in [6.45, 7) is 0.791. The standard InChI is InChI=1S/C16H13BrN2/c17-14-6-3-4-12(8-14)10-18-15-9-13-5-1-2-7-16(13)19-11-15/h1-9,11,18H,10H2. The predicted octanol–water partition coefficient (Wildman–Crippen LogP) is 4.61. The van der Waals surface area contributed by atoms with E-state index in [-0.39, 0.29) is 0 Å². The van der Waals surface area contributed by atoms with Gasteiger partial charge in [-0.25, -0.2) is 0 Å². The van der Waals surface area contributed by atoms with Crippen LogP contribution in [-0.2, 0) is 6.54 Å². The fourth-order valence-electron chi connectivity index (χ4n) is 2.02. The Labute approximate surface area is 120 Å². The summed E-state index contributed by atoms with van der Waals surface area (Å²) >= 11 is 3.48. The van der Waals surface area contributed by atoms with Crippen LogP contribution in [-0.4, -0.2) is 4.98 Å². The maximum Gasteiger partial charge on any atom is 0.0703 e. The maximum absolute atomic E-state index is 4.44. The van der Waals surface area contributed by atoms with Crippen molar-refractivity contribution in [1.82, 2.24) is 4.98 Å². The Morgan fingerprint density at radius 3 is 2.79 bits per heavy atom. The van der Waals surface area contributed by atoms with E-state index in [0.717, 1.165) is 27.6 Å². The monoisotopic (exact) mass is 312 g/mol. The lowest BCUT2D eigenvalue weighted by atomic mass is 10.2. The van der Waals surface area contributed by atoms with Gasteiger partial charge in [-0.1, -0.05) is 46.3 Å². The lowest BCUT2D eigenvalue weighted by Crippen LogP contribution is -1.99. The molecule has 3 rings (SSSR count). The van der Waals surface area contributed by atoms with Crippen molar-refractivity contribution >= 4 is 32.5 Å². The van der Waals surface area contributed by atoms with Crippen molar-refractivity contribution in [1.29, 1.82) is 0 Å². The van der Waals surface area contributed by atoms with Gasteiger partial charge in [-0.05, 0) is 29.8 Å². The van der Waals surface area contributed by atoms with Crippen LogP contribution in [0.4, 0.5) is 5.69 Å². The molecule has 1 heterocycles. The van der Waals surface area contributed by atoms with E-state index in [1.165, 1.54) is 5.56 Å². The average Bonchev–Trinajstić information content (AvgIpc) is 2.45. The normalized spacial score (nSPS) is 10.6. The van der Waals surface area contributed by atoms with Crippen molar-refractivity contribution in [3.8, 4) is 0 Å². The number of halogens is 1. The SMILES string of the molecule is Brc1cccc(CNc2cnc3ccccc3c2)c1. The molecule has 0 unspecified atom stereocenters. The van der Waals surface area contributed by atoms with Gasteiger partial charge in [0.2, 0.25) is 0 Å². The summed E-state index contributed by atoms with van der Waals surface area (Å²) in [4.78, 5) is 4.44. The lowest BCUT2D eigenvalue weighted by Gasteiger charge is -2.07. The smallest absolute Gasteiger partial charge is 0.0703 e. The molecular weight excluding hydrogens is 300 g/mol. The van der Waals surface area contributed by atoms with E-state index in [2.05, 4.69) is 50.5 Å². The molecule has 2 nitrogen and oxygen atoms in total. The van der Waals surface area contributed by atoms with Gasteiger partial charge in [0.1, 0.15) is 0 Å². The number of nitrogens with zero attached hydrogens (tertiary/aromatic N) is 1. The number of rotatable bonds is 3. The van der Waals surface area contributed by atoms with Gasteiger partial charge in [0, 0.05) is 16.4 Å². The number of para-hydroxylation sites is 1. The minimum atomic E-state index is 0.791. The number of benzene rings is 2. The zero-order chi connectivity index (χ0) is 13.1.